The first-order valence-electron chi connectivity index (χ1n) is 6.05. The highest BCUT2D eigenvalue weighted by Crippen LogP contribution is 2.18. The van der Waals surface area contributed by atoms with Crippen molar-refractivity contribution >= 4 is 17.0 Å². The van der Waals surface area contributed by atoms with Gasteiger partial charge >= 0.3 is 5.97 Å². The number of carboxylic acid groups (broad SMARTS) is 1. The summed E-state index contributed by atoms with van der Waals surface area (Å²) in [5.41, 5.74) is 0.377. The first-order valence-corrected chi connectivity index (χ1v) is 6.05. The minimum atomic E-state index is -1.19. The van der Waals surface area contributed by atoms with Gasteiger partial charge in [-0.15, -0.1) is 0 Å². The molecule has 0 aliphatic heterocycles. The molecule has 7 heteroatoms. The number of carboxylic acids is 1. The lowest BCUT2D eigenvalue weighted by Crippen LogP contribution is -2.06. The van der Waals surface area contributed by atoms with E-state index in [2.05, 4.69) is 10.1 Å². The number of carbonyl (C=O) groups is 1. The van der Waals surface area contributed by atoms with Crippen LogP contribution in [0.15, 0.2) is 36.5 Å². The number of benzene rings is 1. The average molecular weight is 289 g/mol. The molecule has 0 amide bonds. The van der Waals surface area contributed by atoms with E-state index >= 15 is 0 Å². The second-order valence-corrected chi connectivity index (χ2v) is 4.42. The summed E-state index contributed by atoms with van der Waals surface area (Å²) in [5, 5.41) is 13.4. The molecule has 0 fully saturated rings. The molecule has 1 N–H and O–H groups in total. The van der Waals surface area contributed by atoms with E-state index in [9.17, 15) is 13.6 Å². The van der Waals surface area contributed by atoms with E-state index < -0.39 is 17.6 Å². The van der Waals surface area contributed by atoms with Crippen LogP contribution in [0.5, 0.6) is 0 Å². The van der Waals surface area contributed by atoms with Crippen LogP contribution in [0.1, 0.15) is 16.1 Å². The van der Waals surface area contributed by atoms with Gasteiger partial charge in [-0.1, -0.05) is 6.07 Å². The maximum atomic E-state index is 13.7. The molecule has 0 aliphatic carbocycles. The van der Waals surface area contributed by atoms with E-state index in [-0.39, 0.29) is 17.8 Å². The molecule has 106 valence electrons. The third kappa shape index (κ3) is 2.33. The minimum Gasteiger partial charge on any atom is -0.476 e. The molecule has 2 heterocycles. The lowest BCUT2D eigenvalue weighted by Gasteiger charge is -2.04. The quantitative estimate of drug-likeness (QED) is 0.804. The molecule has 21 heavy (non-hydrogen) atoms. The molecule has 0 atom stereocenters. The number of aromatic nitrogens is 3. The first-order chi connectivity index (χ1) is 10.1. The Kier molecular flexibility index (Phi) is 3.09. The van der Waals surface area contributed by atoms with E-state index in [0.29, 0.717) is 11.0 Å². The van der Waals surface area contributed by atoms with Crippen molar-refractivity contribution in [3.05, 3.63) is 59.4 Å². The summed E-state index contributed by atoms with van der Waals surface area (Å²) < 4.78 is 27.9. The number of fused-ring (bicyclic) bond motifs is 1. The lowest BCUT2D eigenvalue weighted by atomic mass is 10.2. The third-order valence-corrected chi connectivity index (χ3v) is 3.04. The number of aromatic carboxylic acids is 1. The third-order valence-electron chi connectivity index (χ3n) is 3.04. The van der Waals surface area contributed by atoms with Crippen LogP contribution in [0.4, 0.5) is 8.78 Å². The van der Waals surface area contributed by atoms with E-state index in [4.69, 9.17) is 5.11 Å². The summed E-state index contributed by atoms with van der Waals surface area (Å²) in [7, 11) is 0. The predicted molar refractivity (Wildman–Crippen MR) is 69.9 cm³/mol. The van der Waals surface area contributed by atoms with Crippen LogP contribution in [0, 0.1) is 11.6 Å². The van der Waals surface area contributed by atoms with Gasteiger partial charge in [-0.05, 0) is 18.2 Å². The molecule has 0 radical (unpaired) electrons. The Morgan fingerprint density at radius 3 is 2.81 bits per heavy atom. The van der Waals surface area contributed by atoms with Crippen molar-refractivity contribution in [2.45, 2.75) is 6.54 Å². The van der Waals surface area contributed by atoms with Gasteiger partial charge in [0.05, 0.1) is 11.9 Å². The van der Waals surface area contributed by atoms with Gasteiger partial charge in [-0.3, -0.25) is 0 Å². The minimum absolute atomic E-state index is 0.0348. The molecule has 0 aliphatic rings. The Labute approximate surface area is 117 Å². The number of rotatable bonds is 3. The molecule has 0 saturated heterocycles. The van der Waals surface area contributed by atoms with E-state index in [1.165, 1.54) is 16.9 Å². The van der Waals surface area contributed by atoms with Crippen LogP contribution < -0.4 is 0 Å². The summed E-state index contributed by atoms with van der Waals surface area (Å²) in [6, 6.07) is 6.37. The molecule has 5 nitrogen and oxygen atoms in total. The van der Waals surface area contributed by atoms with Gasteiger partial charge in [0.25, 0.3) is 0 Å². The zero-order valence-corrected chi connectivity index (χ0v) is 10.6. The van der Waals surface area contributed by atoms with E-state index in [1.807, 2.05) is 0 Å². The Hall–Kier alpha value is -2.83. The maximum absolute atomic E-state index is 13.7. The second kappa shape index (κ2) is 4.93. The molecule has 0 bridgehead atoms. The fourth-order valence-electron chi connectivity index (χ4n) is 2.09. The Bertz CT molecular complexity index is 845. The lowest BCUT2D eigenvalue weighted by molar-refractivity contribution is 0.0691. The molecule has 0 saturated carbocycles. The smallest absolute Gasteiger partial charge is 0.357 e. The number of halogens is 2. The topological polar surface area (TPSA) is 68.0 Å². The van der Waals surface area contributed by atoms with Crippen molar-refractivity contribution in [1.82, 2.24) is 14.8 Å². The summed E-state index contributed by atoms with van der Waals surface area (Å²) >= 11 is 0. The van der Waals surface area contributed by atoms with Crippen molar-refractivity contribution in [2.24, 2.45) is 0 Å². The molecule has 0 spiro atoms. The van der Waals surface area contributed by atoms with Crippen LogP contribution in [-0.2, 0) is 6.54 Å². The Morgan fingerprint density at radius 2 is 2.10 bits per heavy atom. The van der Waals surface area contributed by atoms with Crippen LogP contribution in [0.3, 0.4) is 0 Å². The van der Waals surface area contributed by atoms with Crippen LogP contribution in [0.25, 0.3) is 11.0 Å². The van der Waals surface area contributed by atoms with Crippen molar-refractivity contribution < 1.29 is 18.7 Å². The molecule has 2 aromatic heterocycles. The van der Waals surface area contributed by atoms with Gasteiger partial charge in [0, 0.05) is 17.8 Å². The molecular weight excluding hydrogens is 280 g/mol. The van der Waals surface area contributed by atoms with Crippen molar-refractivity contribution in [3.8, 4) is 0 Å². The van der Waals surface area contributed by atoms with Crippen molar-refractivity contribution in [3.63, 3.8) is 0 Å². The highest BCUT2D eigenvalue weighted by molar-refractivity contribution is 5.99. The van der Waals surface area contributed by atoms with Crippen LogP contribution >= 0.6 is 0 Å². The summed E-state index contributed by atoms with van der Waals surface area (Å²) in [6.45, 7) is -0.0348. The first kappa shape index (κ1) is 13.2. The van der Waals surface area contributed by atoms with Gasteiger partial charge in [0.1, 0.15) is 11.6 Å². The highest BCUT2D eigenvalue weighted by Gasteiger charge is 2.17. The monoisotopic (exact) mass is 289 g/mol. The standard InChI is InChI=1S/C14H9F2N3O2/c15-9-4-3-8(11(16)6-9)7-19-13-10(2-1-5-17-13)12(18-19)14(20)21/h1-6H,7H2,(H,20,21). The van der Waals surface area contributed by atoms with Crippen molar-refractivity contribution in [2.75, 3.05) is 0 Å². The zero-order valence-electron chi connectivity index (χ0n) is 10.6. The van der Waals surface area contributed by atoms with Gasteiger partial charge in [0.2, 0.25) is 0 Å². The SMILES string of the molecule is O=C(O)c1nn(Cc2ccc(F)cc2F)c2ncccc12. The fraction of sp³-hybridized carbons (Fsp3) is 0.0714. The normalized spacial score (nSPS) is 11.0. The molecule has 0 unspecified atom stereocenters. The summed E-state index contributed by atoms with van der Waals surface area (Å²) in [6.07, 6.45) is 1.49. The van der Waals surface area contributed by atoms with Crippen LogP contribution in [-0.4, -0.2) is 25.8 Å². The van der Waals surface area contributed by atoms with Gasteiger partial charge < -0.3 is 5.11 Å². The Balaban J connectivity index is 2.10. The van der Waals surface area contributed by atoms with E-state index in [1.54, 1.807) is 12.1 Å². The predicted octanol–water partition coefficient (Wildman–Crippen LogP) is 2.46. The molecule has 3 rings (SSSR count). The van der Waals surface area contributed by atoms with E-state index in [0.717, 1.165) is 12.1 Å². The summed E-state index contributed by atoms with van der Waals surface area (Å²) in [5.74, 6) is -2.58. The number of nitrogens with zero attached hydrogens (tertiary/aromatic N) is 3. The van der Waals surface area contributed by atoms with Gasteiger partial charge in [-0.2, -0.15) is 5.10 Å². The highest BCUT2D eigenvalue weighted by atomic mass is 19.1. The van der Waals surface area contributed by atoms with Crippen LogP contribution in [0.2, 0.25) is 0 Å². The van der Waals surface area contributed by atoms with Crippen molar-refractivity contribution in [1.29, 1.82) is 0 Å². The number of hydrogen-bond donors (Lipinski definition) is 1. The van der Waals surface area contributed by atoms with Gasteiger partial charge in [-0.25, -0.2) is 23.2 Å². The number of pyridine rings is 1. The fourth-order valence-corrected chi connectivity index (χ4v) is 2.09. The zero-order chi connectivity index (χ0) is 15.0. The second-order valence-electron chi connectivity index (χ2n) is 4.42. The largest absolute Gasteiger partial charge is 0.476 e. The molecular formula is C14H9F2N3O2. The average Bonchev–Trinajstić information content (AvgIpc) is 2.81. The molecule has 1 aromatic carbocycles. The number of hydrogen-bond acceptors (Lipinski definition) is 3. The van der Waals surface area contributed by atoms with Gasteiger partial charge in [0.15, 0.2) is 11.3 Å². The molecule has 3 aromatic rings. The summed E-state index contributed by atoms with van der Waals surface area (Å²) in [4.78, 5) is 15.2. The maximum Gasteiger partial charge on any atom is 0.357 e. The Morgan fingerprint density at radius 1 is 1.29 bits per heavy atom.